The highest BCUT2D eigenvalue weighted by atomic mass is 16.5. The van der Waals surface area contributed by atoms with E-state index in [0.717, 1.165) is 24.2 Å². The topological polar surface area (TPSA) is 38.3 Å². The number of benzene rings is 1. The fourth-order valence-electron chi connectivity index (χ4n) is 1.91. The van der Waals surface area contributed by atoms with Gasteiger partial charge in [-0.3, -0.25) is 4.79 Å². The molecule has 0 bridgehead atoms. The Labute approximate surface area is 116 Å². The molecule has 1 aromatic rings. The minimum Gasteiger partial charge on any atom is -0.481 e. The summed E-state index contributed by atoms with van der Waals surface area (Å²) in [5, 5.41) is 3.01. The maximum absolute atomic E-state index is 12.0. The minimum atomic E-state index is -0.471. The highest BCUT2D eigenvalue weighted by Crippen LogP contribution is 2.21. The lowest BCUT2D eigenvalue weighted by Gasteiger charge is -2.20. The van der Waals surface area contributed by atoms with E-state index in [1.807, 2.05) is 32.0 Å². The second-order valence-corrected chi connectivity index (χ2v) is 4.98. The zero-order valence-electron chi connectivity index (χ0n) is 12.6. The molecule has 1 unspecified atom stereocenters. The molecule has 0 aliphatic heterocycles. The molecule has 1 amide bonds. The standard InChI is InChI=1S/C16H25NO2/c1-6-14(7-2)17-16(18)13(5)19-15-10-8-9-11(3)12(15)4/h8-10,13-14H,6-7H2,1-5H3,(H,17,18). The van der Waals surface area contributed by atoms with Crippen molar-refractivity contribution in [2.24, 2.45) is 0 Å². The lowest BCUT2D eigenvalue weighted by Crippen LogP contribution is -2.42. The summed E-state index contributed by atoms with van der Waals surface area (Å²) in [5.41, 5.74) is 2.26. The summed E-state index contributed by atoms with van der Waals surface area (Å²) in [4.78, 5) is 12.0. The summed E-state index contributed by atoms with van der Waals surface area (Å²) in [7, 11) is 0. The van der Waals surface area contributed by atoms with E-state index in [2.05, 4.69) is 19.2 Å². The molecule has 1 atom stereocenters. The van der Waals surface area contributed by atoms with E-state index in [9.17, 15) is 4.79 Å². The molecule has 0 aliphatic rings. The number of ether oxygens (including phenoxy) is 1. The van der Waals surface area contributed by atoms with Crippen LogP contribution in [0.4, 0.5) is 0 Å². The van der Waals surface area contributed by atoms with E-state index in [1.165, 1.54) is 5.56 Å². The first kappa shape index (κ1) is 15.5. The van der Waals surface area contributed by atoms with Gasteiger partial charge in [0.15, 0.2) is 6.10 Å². The number of carbonyl (C=O) groups is 1. The van der Waals surface area contributed by atoms with Crippen molar-refractivity contribution in [3.63, 3.8) is 0 Å². The zero-order valence-corrected chi connectivity index (χ0v) is 12.6. The van der Waals surface area contributed by atoms with Gasteiger partial charge in [-0.15, -0.1) is 0 Å². The molecule has 0 fully saturated rings. The van der Waals surface area contributed by atoms with E-state index in [-0.39, 0.29) is 11.9 Å². The summed E-state index contributed by atoms with van der Waals surface area (Å²) in [6.45, 7) is 9.99. The van der Waals surface area contributed by atoms with Crippen molar-refractivity contribution in [3.05, 3.63) is 29.3 Å². The largest absolute Gasteiger partial charge is 0.481 e. The van der Waals surface area contributed by atoms with Crippen molar-refractivity contribution >= 4 is 5.91 Å². The maximum atomic E-state index is 12.0. The predicted octanol–water partition coefficient (Wildman–Crippen LogP) is 3.38. The molecule has 1 rings (SSSR count). The van der Waals surface area contributed by atoms with Crippen LogP contribution in [0.5, 0.6) is 5.75 Å². The van der Waals surface area contributed by atoms with Gasteiger partial charge in [0.25, 0.3) is 5.91 Å². The van der Waals surface area contributed by atoms with Gasteiger partial charge in [-0.25, -0.2) is 0 Å². The fraction of sp³-hybridized carbons (Fsp3) is 0.562. The molecular formula is C16H25NO2. The molecule has 1 N–H and O–H groups in total. The van der Waals surface area contributed by atoms with Crippen LogP contribution in [0.25, 0.3) is 0 Å². The number of hydrogen-bond donors (Lipinski definition) is 1. The fourth-order valence-corrected chi connectivity index (χ4v) is 1.91. The van der Waals surface area contributed by atoms with Gasteiger partial charge in [-0.05, 0) is 50.8 Å². The summed E-state index contributed by atoms with van der Waals surface area (Å²) in [5.74, 6) is 0.738. The Morgan fingerprint density at radius 3 is 2.47 bits per heavy atom. The molecule has 1 aromatic carbocycles. The first-order valence-electron chi connectivity index (χ1n) is 7.02. The first-order valence-corrected chi connectivity index (χ1v) is 7.02. The van der Waals surface area contributed by atoms with E-state index < -0.39 is 6.10 Å². The molecule has 3 nitrogen and oxygen atoms in total. The lowest BCUT2D eigenvalue weighted by molar-refractivity contribution is -0.128. The number of carbonyl (C=O) groups excluding carboxylic acids is 1. The Morgan fingerprint density at radius 1 is 1.26 bits per heavy atom. The van der Waals surface area contributed by atoms with Crippen LogP contribution >= 0.6 is 0 Å². The molecule has 0 heterocycles. The van der Waals surface area contributed by atoms with Crippen LogP contribution in [-0.2, 0) is 4.79 Å². The number of hydrogen-bond acceptors (Lipinski definition) is 2. The van der Waals surface area contributed by atoms with Gasteiger partial charge in [0.05, 0.1) is 0 Å². The molecule has 0 spiro atoms. The van der Waals surface area contributed by atoms with Gasteiger partial charge >= 0.3 is 0 Å². The molecule has 0 saturated heterocycles. The van der Waals surface area contributed by atoms with E-state index in [0.29, 0.717) is 0 Å². The van der Waals surface area contributed by atoms with Gasteiger partial charge in [-0.2, -0.15) is 0 Å². The molecule has 0 aromatic heterocycles. The Kier molecular flexibility index (Phi) is 5.87. The number of amides is 1. The van der Waals surface area contributed by atoms with Crippen LogP contribution in [0.3, 0.4) is 0 Å². The van der Waals surface area contributed by atoms with Crippen molar-refractivity contribution in [1.29, 1.82) is 0 Å². The second kappa shape index (κ2) is 7.17. The van der Waals surface area contributed by atoms with Gasteiger partial charge in [0.1, 0.15) is 5.75 Å². The van der Waals surface area contributed by atoms with Crippen molar-refractivity contribution in [3.8, 4) is 5.75 Å². The van der Waals surface area contributed by atoms with Crippen LogP contribution in [0.15, 0.2) is 18.2 Å². The third-order valence-corrected chi connectivity index (χ3v) is 3.56. The minimum absolute atomic E-state index is 0.0467. The Balaban J connectivity index is 2.66. The molecule has 0 aliphatic carbocycles. The van der Waals surface area contributed by atoms with Gasteiger partial charge in [0.2, 0.25) is 0 Å². The molecular weight excluding hydrogens is 238 g/mol. The quantitative estimate of drug-likeness (QED) is 0.854. The average molecular weight is 263 g/mol. The van der Waals surface area contributed by atoms with Crippen LogP contribution in [-0.4, -0.2) is 18.1 Å². The molecule has 3 heteroatoms. The van der Waals surface area contributed by atoms with E-state index in [4.69, 9.17) is 4.74 Å². The van der Waals surface area contributed by atoms with E-state index >= 15 is 0 Å². The smallest absolute Gasteiger partial charge is 0.260 e. The van der Waals surface area contributed by atoms with Crippen LogP contribution in [0.2, 0.25) is 0 Å². The summed E-state index contributed by atoms with van der Waals surface area (Å²) in [6.07, 6.45) is 1.41. The SMILES string of the molecule is CCC(CC)NC(=O)C(C)Oc1cccc(C)c1C. The van der Waals surface area contributed by atoms with Crippen molar-refractivity contribution in [1.82, 2.24) is 5.32 Å². The third-order valence-electron chi connectivity index (χ3n) is 3.56. The molecule has 0 saturated carbocycles. The molecule has 19 heavy (non-hydrogen) atoms. The number of aryl methyl sites for hydroxylation is 1. The second-order valence-electron chi connectivity index (χ2n) is 4.98. The van der Waals surface area contributed by atoms with Crippen LogP contribution in [0.1, 0.15) is 44.7 Å². The number of nitrogens with one attached hydrogen (secondary N) is 1. The van der Waals surface area contributed by atoms with Crippen LogP contribution in [0, 0.1) is 13.8 Å². The normalized spacial score (nSPS) is 12.3. The van der Waals surface area contributed by atoms with Gasteiger partial charge in [0, 0.05) is 6.04 Å². The summed E-state index contributed by atoms with van der Waals surface area (Å²) < 4.78 is 5.77. The summed E-state index contributed by atoms with van der Waals surface area (Å²) in [6, 6.07) is 6.13. The number of rotatable bonds is 6. The summed E-state index contributed by atoms with van der Waals surface area (Å²) >= 11 is 0. The third kappa shape index (κ3) is 4.27. The lowest BCUT2D eigenvalue weighted by atomic mass is 10.1. The van der Waals surface area contributed by atoms with Crippen LogP contribution < -0.4 is 10.1 Å². The Morgan fingerprint density at radius 2 is 1.89 bits per heavy atom. The zero-order chi connectivity index (χ0) is 14.4. The Hall–Kier alpha value is -1.51. The molecule has 0 radical (unpaired) electrons. The van der Waals surface area contributed by atoms with Crippen molar-refractivity contribution < 1.29 is 9.53 Å². The van der Waals surface area contributed by atoms with Crippen molar-refractivity contribution in [2.75, 3.05) is 0 Å². The highest BCUT2D eigenvalue weighted by Gasteiger charge is 2.18. The monoisotopic (exact) mass is 263 g/mol. The first-order chi connectivity index (χ1) is 8.99. The van der Waals surface area contributed by atoms with Gasteiger partial charge in [-0.1, -0.05) is 26.0 Å². The average Bonchev–Trinajstić information content (AvgIpc) is 2.40. The maximum Gasteiger partial charge on any atom is 0.260 e. The predicted molar refractivity (Wildman–Crippen MR) is 78.5 cm³/mol. The van der Waals surface area contributed by atoms with E-state index in [1.54, 1.807) is 6.92 Å². The van der Waals surface area contributed by atoms with Gasteiger partial charge < -0.3 is 10.1 Å². The molecule has 106 valence electrons. The highest BCUT2D eigenvalue weighted by molar-refractivity contribution is 5.81. The Bertz CT molecular complexity index is 425. The van der Waals surface area contributed by atoms with Crippen molar-refractivity contribution in [2.45, 2.75) is 59.6 Å².